The molecule has 0 unspecified atom stereocenters. The Kier molecular flexibility index (Phi) is 5.42. The number of nitrogens with one attached hydrogen (secondary N) is 2. The van der Waals surface area contributed by atoms with E-state index >= 15 is 0 Å². The summed E-state index contributed by atoms with van der Waals surface area (Å²) >= 11 is 0. The van der Waals surface area contributed by atoms with Crippen molar-refractivity contribution < 1.29 is 24.2 Å². The van der Waals surface area contributed by atoms with Crippen LogP contribution >= 0.6 is 0 Å². The number of hydrogen-bond acceptors (Lipinski definition) is 7. The Balaban J connectivity index is 1.44. The first-order chi connectivity index (χ1) is 16.5. The molecule has 3 heterocycles. The molecule has 10 heteroatoms. The lowest BCUT2D eigenvalue weighted by molar-refractivity contribution is -0.124. The Bertz CT molecular complexity index is 1260. The molecule has 34 heavy (non-hydrogen) atoms. The molecule has 0 saturated carbocycles. The number of urea groups is 1. The fraction of sp³-hybridized carbons (Fsp3) is 0.208. The fourth-order valence-corrected chi connectivity index (χ4v) is 4.28. The van der Waals surface area contributed by atoms with Crippen molar-refractivity contribution in [1.29, 1.82) is 0 Å². The van der Waals surface area contributed by atoms with E-state index in [4.69, 9.17) is 9.84 Å². The number of carbonyl (C=O) groups excluding carboxylic acids is 3. The summed E-state index contributed by atoms with van der Waals surface area (Å²) in [5, 5.41) is 14.0. The van der Waals surface area contributed by atoms with Gasteiger partial charge in [-0.25, -0.2) is 4.79 Å². The van der Waals surface area contributed by atoms with Gasteiger partial charge >= 0.3 is 6.03 Å². The van der Waals surface area contributed by atoms with Gasteiger partial charge in [-0.15, -0.1) is 0 Å². The van der Waals surface area contributed by atoms with E-state index in [0.29, 0.717) is 22.6 Å². The molecule has 0 spiro atoms. The van der Waals surface area contributed by atoms with Gasteiger partial charge in [0.05, 0.1) is 25.0 Å². The molecular weight excluding hydrogens is 438 g/mol. The van der Waals surface area contributed by atoms with Crippen molar-refractivity contribution in [3.8, 4) is 17.0 Å². The number of hydrogen-bond donors (Lipinski definition) is 3. The molecule has 1 saturated heterocycles. The van der Waals surface area contributed by atoms with E-state index in [2.05, 4.69) is 20.6 Å². The second-order valence-electron chi connectivity index (χ2n) is 8.03. The Morgan fingerprint density at radius 2 is 1.91 bits per heavy atom. The van der Waals surface area contributed by atoms with Crippen molar-refractivity contribution in [3.63, 3.8) is 0 Å². The summed E-state index contributed by atoms with van der Waals surface area (Å²) in [6.07, 6.45) is 4.80. The lowest BCUT2D eigenvalue weighted by atomic mass is 9.88. The van der Waals surface area contributed by atoms with Crippen LogP contribution in [0.25, 0.3) is 11.3 Å². The summed E-state index contributed by atoms with van der Waals surface area (Å²) in [6, 6.07) is 11.6. The molecule has 2 aliphatic heterocycles. The maximum atomic E-state index is 13.2. The van der Waals surface area contributed by atoms with Gasteiger partial charge in [-0.05, 0) is 23.3 Å². The monoisotopic (exact) mass is 459 g/mol. The molecule has 0 aliphatic carbocycles. The zero-order valence-corrected chi connectivity index (χ0v) is 18.0. The first-order valence-corrected chi connectivity index (χ1v) is 10.7. The third kappa shape index (κ3) is 3.73. The van der Waals surface area contributed by atoms with Gasteiger partial charge in [-0.1, -0.05) is 30.3 Å². The topological polar surface area (TPSA) is 134 Å². The zero-order chi connectivity index (χ0) is 23.7. The maximum absolute atomic E-state index is 13.2. The molecule has 1 fully saturated rings. The summed E-state index contributed by atoms with van der Waals surface area (Å²) in [5.41, 5.74) is 1.84. The average molecular weight is 459 g/mol. The predicted octanol–water partition coefficient (Wildman–Crippen LogP) is 1.21. The van der Waals surface area contributed by atoms with Crippen LogP contribution in [0.3, 0.4) is 0 Å². The van der Waals surface area contributed by atoms with Crippen molar-refractivity contribution in [2.45, 2.75) is 12.1 Å². The summed E-state index contributed by atoms with van der Waals surface area (Å²) in [6.45, 7) is 0.229. The number of aromatic nitrogens is 2. The number of fused-ring (bicyclic) bond motifs is 1. The Labute approximate surface area is 194 Å². The number of nitrogens with zero attached hydrogens (tertiary/aromatic N) is 3. The van der Waals surface area contributed by atoms with E-state index in [1.165, 1.54) is 4.90 Å². The van der Waals surface area contributed by atoms with E-state index in [9.17, 15) is 14.4 Å². The fourth-order valence-electron chi connectivity index (χ4n) is 4.28. The molecule has 5 rings (SSSR count). The summed E-state index contributed by atoms with van der Waals surface area (Å²) in [7, 11) is 0. The second-order valence-corrected chi connectivity index (χ2v) is 8.03. The molecule has 2 aromatic carbocycles. The molecule has 1 aromatic heterocycles. The molecular formula is C24H21N5O5. The van der Waals surface area contributed by atoms with Gasteiger partial charge < -0.3 is 20.1 Å². The van der Waals surface area contributed by atoms with Crippen molar-refractivity contribution in [3.05, 3.63) is 77.7 Å². The molecule has 172 valence electrons. The van der Waals surface area contributed by atoms with E-state index < -0.39 is 17.5 Å². The predicted molar refractivity (Wildman–Crippen MR) is 120 cm³/mol. The van der Waals surface area contributed by atoms with Crippen LogP contribution in [0.4, 0.5) is 4.79 Å². The first-order valence-electron chi connectivity index (χ1n) is 10.7. The van der Waals surface area contributed by atoms with E-state index in [-0.39, 0.29) is 32.2 Å². The molecule has 0 radical (unpaired) electrons. The minimum absolute atomic E-state index is 0.0462. The Morgan fingerprint density at radius 3 is 2.59 bits per heavy atom. The highest BCUT2D eigenvalue weighted by atomic mass is 16.5. The smallest absolute Gasteiger partial charge is 0.322 e. The number of ether oxygens (including phenoxy) is 1. The van der Waals surface area contributed by atoms with Crippen LogP contribution in [0.15, 0.2) is 61.1 Å². The van der Waals surface area contributed by atoms with Gasteiger partial charge in [0.1, 0.15) is 12.4 Å². The van der Waals surface area contributed by atoms with Crippen LogP contribution in [-0.2, 0) is 16.9 Å². The van der Waals surface area contributed by atoms with Crippen molar-refractivity contribution >= 4 is 17.8 Å². The van der Waals surface area contributed by atoms with Gasteiger partial charge in [0.2, 0.25) is 0 Å². The van der Waals surface area contributed by atoms with Gasteiger partial charge in [0.15, 0.2) is 5.54 Å². The number of amides is 4. The average Bonchev–Trinajstić information content (AvgIpc) is 3.33. The summed E-state index contributed by atoms with van der Waals surface area (Å²) in [5.74, 6) is -0.321. The van der Waals surface area contributed by atoms with Crippen molar-refractivity contribution in [2.24, 2.45) is 0 Å². The number of imide groups is 1. The van der Waals surface area contributed by atoms with Crippen LogP contribution in [-0.4, -0.2) is 57.6 Å². The van der Waals surface area contributed by atoms with Crippen LogP contribution in [0.1, 0.15) is 21.5 Å². The number of aliphatic hydroxyl groups is 1. The minimum Gasteiger partial charge on any atom is -0.491 e. The van der Waals surface area contributed by atoms with Crippen LogP contribution in [0.5, 0.6) is 5.75 Å². The van der Waals surface area contributed by atoms with Crippen molar-refractivity contribution in [2.75, 3.05) is 19.8 Å². The number of aliphatic hydroxyl groups excluding tert-OH is 1. The van der Waals surface area contributed by atoms with Crippen LogP contribution < -0.4 is 15.4 Å². The third-order valence-electron chi connectivity index (χ3n) is 5.93. The quantitative estimate of drug-likeness (QED) is 0.452. The Morgan fingerprint density at radius 1 is 1.09 bits per heavy atom. The van der Waals surface area contributed by atoms with Gasteiger partial charge in [-0.2, -0.15) is 0 Å². The van der Waals surface area contributed by atoms with E-state index in [0.717, 1.165) is 11.1 Å². The number of rotatable bonds is 7. The van der Waals surface area contributed by atoms with E-state index in [1.807, 2.05) is 0 Å². The number of carbonyl (C=O) groups is 3. The molecule has 10 nitrogen and oxygen atoms in total. The molecule has 3 N–H and O–H groups in total. The van der Waals surface area contributed by atoms with Gasteiger partial charge in [0, 0.05) is 30.1 Å². The molecule has 1 atom stereocenters. The SMILES string of the molecule is O=C1NC(=O)[C@@](CN2Cc3ccc(OCCO)cc3C2=O)(c2ccc(-c3cnccn3)cc2)N1. The van der Waals surface area contributed by atoms with Gasteiger partial charge in [0.25, 0.3) is 11.8 Å². The lowest BCUT2D eigenvalue weighted by Gasteiger charge is -2.31. The molecule has 3 aromatic rings. The zero-order valence-electron chi connectivity index (χ0n) is 18.0. The third-order valence-corrected chi connectivity index (χ3v) is 5.93. The highest BCUT2D eigenvalue weighted by Gasteiger charge is 2.50. The Hall–Kier alpha value is -4.31. The largest absolute Gasteiger partial charge is 0.491 e. The number of benzene rings is 2. The lowest BCUT2D eigenvalue weighted by Crippen LogP contribution is -2.52. The standard InChI is InChI=1S/C24H21N5O5/c30-9-10-34-18-6-3-16-13-29(21(31)19(16)11-18)14-24(22(32)27-23(33)28-24)17-4-1-15(2-5-17)20-12-25-7-8-26-20/h1-8,11-12,30H,9-10,13-14H2,(H2,27,28,32,33)/t24-/m1/s1. The maximum Gasteiger partial charge on any atom is 0.322 e. The van der Waals surface area contributed by atoms with E-state index in [1.54, 1.807) is 61.1 Å². The van der Waals surface area contributed by atoms with Gasteiger partial charge in [-0.3, -0.25) is 24.9 Å². The second kappa shape index (κ2) is 8.56. The van der Waals surface area contributed by atoms with Crippen LogP contribution in [0.2, 0.25) is 0 Å². The molecule has 4 amide bonds. The van der Waals surface area contributed by atoms with Crippen LogP contribution in [0, 0.1) is 0 Å². The summed E-state index contributed by atoms with van der Waals surface area (Å²) in [4.78, 5) is 48.2. The summed E-state index contributed by atoms with van der Waals surface area (Å²) < 4.78 is 5.41. The molecule has 2 aliphatic rings. The highest BCUT2D eigenvalue weighted by Crippen LogP contribution is 2.33. The normalized spacial score (nSPS) is 19.1. The first kappa shape index (κ1) is 21.5. The highest BCUT2D eigenvalue weighted by molar-refractivity contribution is 6.08. The molecule has 0 bridgehead atoms. The minimum atomic E-state index is -1.44. The van der Waals surface area contributed by atoms with Crippen molar-refractivity contribution in [1.82, 2.24) is 25.5 Å².